The standard InChI is InChI=1S/C41H41FN10O5/c42-31-21-48(15-14-32(31)52-38-35(37(43)44-22-45-38)36(47-52)23-6-9-28(10-7-23)57-27-4-2-1-3-5-27)25-17-50(18-25)26-19-49(20-26)24-8-11-29-30(16-24)41(56)51(40(29)55)33-12-13-34(53)46-39(33)54/h1-11,16,22,25-26,31-33,40,55H,12-15,17-21H2,(H2,43,44,45)(H,46,53,54)/t31-,32?,33?,40?/m0/s1. The third-order valence-electron chi connectivity index (χ3n) is 12.2. The van der Waals surface area contributed by atoms with Gasteiger partial charge in [0.2, 0.25) is 11.8 Å². The lowest BCUT2D eigenvalue weighted by Crippen LogP contribution is -2.70. The first-order valence-electron chi connectivity index (χ1n) is 19.4. The molecule has 3 unspecified atom stereocenters. The first-order valence-corrected chi connectivity index (χ1v) is 19.4. The van der Waals surface area contributed by atoms with E-state index in [1.807, 2.05) is 60.7 Å². The van der Waals surface area contributed by atoms with Gasteiger partial charge >= 0.3 is 0 Å². The van der Waals surface area contributed by atoms with Crippen LogP contribution >= 0.6 is 0 Å². The molecule has 0 aliphatic carbocycles. The van der Waals surface area contributed by atoms with Crippen LogP contribution in [0.4, 0.5) is 15.9 Å². The second kappa shape index (κ2) is 13.9. The molecule has 292 valence electrons. The summed E-state index contributed by atoms with van der Waals surface area (Å²) in [5.41, 5.74) is 10.0. The van der Waals surface area contributed by atoms with Crippen molar-refractivity contribution in [3.8, 4) is 22.8 Å². The number of alkyl halides is 1. The molecule has 0 saturated carbocycles. The van der Waals surface area contributed by atoms with Crippen molar-refractivity contribution in [3.05, 3.63) is 90.3 Å². The molecule has 4 atom stereocenters. The molecule has 10 rings (SSSR count). The molecule has 4 fully saturated rings. The van der Waals surface area contributed by atoms with Crippen LogP contribution in [-0.2, 0) is 9.59 Å². The van der Waals surface area contributed by atoms with Gasteiger partial charge in [-0.1, -0.05) is 24.3 Å². The number of carbonyl (C=O) groups is 3. The lowest BCUT2D eigenvalue weighted by Gasteiger charge is -2.55. The van der Waals surface area contributed by atoms with Crippen LogP contribution < -0.4 is 20.7 Å². The highest BCUT2D eigenvalue weighted by Gasteiger charge is 2.46. The number of carbonyl (C=O) groups excluding carboxylic acids is 3. The lowest BCUT2D eigenvalue weighted by molar-refractivity contribution is -0.139. The average molecular weight is 773 g/mol. The van der Waals surface area contributed by atoms with Gasteiger partial charge in [-0.05, 0) is 61.4 Å². The Hall–Kier alpha value is -5.97. The third-order valence-corrected chi connectivity index (χ3v) is 12.2. The number of ether oxygens (including phenoxy) is 1. The molecule has 15 nitrogen and oxygen atoms in total. The Morgan fingerprint density at radius 2 is 1.61 bits per heavy atom. The fourth-order valence-corrected chi connectivity index (χ4v) is 8.98. The first-order chi connectivity index (χ1) is 27.7. The summed E-state index contributed by atoms with van der Waals surface area (Å²) >= 11 is 0. The van der Waals surface area contributed by atoms with E-state index in [2.05, 4.69) is 30.0 Å². The molecule has 2 aromatic heterocycles. The van der Waals surface area contributed by atoms with Crippen molar-refractivity contribution in [2.75, 3.05) is 49.9 Å². The van der Waals surface area contributed by atoms with Crippen molar-refractivity contribution in [1.82, 2.24) is 39.8 Å². The molecule has 7 heterocycles. The minimum absolute atomic E-state index is 0.117. The minimum Gasteiger partial charge on any atom is -0.457 e. The van der Waals surface area contributed by atoms with E-state index < -0.39 is 36.3 Å². The maximum Gasteiger partial charge on any atom is 0.257 e. The van der Waals surface area contributed by atoms with Gasteiger partial charge in [0.1, 0.15) is 41.6 Å². The van der Waals surface area contributed by atoms with Crippen LogP contribution in [0.5, 0.6) is 11.5 Å². The van der Waals surface area contributed by atoms with E-state index in [1.54, 1.807) is 16.8 Å². The highest BCUT2D eigenvalue weighted by molar-refractivity contribution is 6.06. The molecule has 5 aromatic rings. The number of halogens is 1. The van der Waals surface area contributed by atoms with Gasteiger partial charge in [0.25, 0.3) is 5.91 Å². The fourth-order valence-electron chi connectivity index (χ4n) is 8.98. The molecule has 0 spiro atoms. The molecule has 57 heavy (non-hydrogen) atoms. The van der Waals surface area contributed by atoms with E-state index in [0.717, 1.165) is 49.7 Å². The first kappa shape index (κ1) is 35.4. The van der Waals surface area contributed by atoms with Crippen molar-refractivity contribution >= 4 is 40.3 Å². The number of hydrogen-bond acceptors (Lipinski definition) is 12. The van der Waals surface area contributed by atoms with Gasteiger partial charge in [-0.3, -0.25) is 34.4 Å². The van der Waals surface area contributed by atoms with E-state index >= 15 is 4.39 Å². The average Bonchev–Trinajstić information content (AvgIpc) is 3.68. The van der Waals surface area contributed by atoms with Crippen molar-refractivity contribution in [1.29, 1.82) is 0 Å². The fraction of sp³-hybridized carbons (Fsp3) is 0.366. The maximum atomic E-state index is 16.2. The molecule has 4 N–H and O–H groups in total. The second-order valence-corrected chi connectivity index (χ2v) is 15.5. The van der Waals surface area contributed by atoms with Gasteiger partial charge in [0, 0.05) is 80.2 Å². The number of benzene rings is 3. The number of aliphatic hydroxyl groups excluding tert-OH is 1. The SMILES string of the molecule is Nc1ncnc2c1c(-c1ccc(Oc3ccccc3)cc1)nn2C1CCN(C2CN(C3CN(c4ccc5c(c4)C(=O)N(C4CCC(=O)NC4=O)C5O)C3)C2)C[C@@H]1F. The quantitative estimate of drug-likeness (QED) is 0.197. The van der Waals surface area contributed by atoms with Crippen LogP contribution in [0.3, 0.4) is 0 Å². The maximum absolute atomic E-state index is 16.2. The number of aliphatic hydroxyl groups is 1. The summed E-state index contributed by atoms with van der Waals surface area (Å²) < 4.78 is 23.9. The predicted octanol–water partition coefficient (Wildman–Crippen LogP) is 3.28. The van der Waals surface area contributed by atoms with Crippen LogP contribution in [0.2, 0.25) is 0 Å². The van der Waals surface area contributed by atoms with Crippen molar-refractivity contribution in [2.24, 2.45) is 0 Å². The Morgan fingerprint density at radius 1 is 0.860 bits per heavy atom. The van der Waals surface area contributed by atoms with Gasteiger partial charge in [0.05, 0.1) is 11.4 Å². The highest BCUT2D eigenvalue weighted by Crippen LogP contribution is 2.40. The van der Waals surface area contributed by atoms with E-state index in [4.69, 9.17) is 15.6 Å². The second-order valence-electron chi connectivity index (χ2n) is 15.5. The zero-order valence-electron chi connectivity index (χ0n) is 30.9. The molecule has 0 bridgehead atoms. The number of amides is 3. The van der Waals surface area contributed by atoms with Gasteiger partial charge in [0.15, 0.2) is 11.9 Å². The summed E-state index contributed by atoms with van der Waals surface area (Å²) in [5.74, 6) is 0.357. The van der Waals surface area contributed by atoms with Crippen LogP contribution in [0.1, 0.15) is 47.5 Å². The monoisotopic (exact) mass is 772 g/mol. The van der Waals surface area contributed by atoms with Crippen LogP contribution in [0, 0.1) is 0 Å². The summed E-state index contributed by atoms with van der Waals surface area (Å²) in [4.78, 5) is 54.3. The summed E-state index contributed by atoms with van der Waals surface area (Å²) in [7, 11) is 0. The minimum atomic E-state index is -1.24. The number of imide groups is 1. The Bertz CT molecular complexity index is 2380. The number of piperidine rings is 2. The molecular weight excluding hydrogens is 732 g/mol. The number of nitrogens with one attached hydrogen (secondary N) is 1. The topological polar surface area (TPSA) is 175 Å². The Balaban J connectivity index is 0.752. The number of rotatable bonds is 8. The van der Waals surface area contributed by atoms with Gasteiger partial charge in [-0.25, -0.2) is 19.0 Å². The number of likely N-dealkylation sites (tertiary alicyclic amines) is 2. The molecule has 4 saturated heterocycles. The van der Waals surface area contributed by atoms with E-state index in [1.165, 1.54) is 11.2 Å². The summed E-state index contributed by atoms with van der Waals surface area (Å²) in [6.07, 6.45) is -0.130. The smallest absolute Gasteiger partial charge is 0.257 e. The summed E-state index contributed by atoms with van der Waals surface area (Å²) in [6.45, 7) is 4.31. The normalized spacial score (nSPS) is 24.7. The molecule has 3 amide bonds. The number of aromatic nitrogens is 4. The summed E-state index contributed by atoms with van der Waals surface area (Å²) in [6, 6.07) is 21.7. The number of nitrogen functional groups attached to an aromatic ring is 1. The highest BCUT2D eigenvalue weighted by atomic mass is 19.1. The van der Waals surface area contributed by atoms with Crippen molar-refractivity contribution in [2.45, 2.75) is 55.8 Å². The van der Waals surface area contributed by atoms with E-state index in [-0.39, 0.29) is 24.8 Å². The number of anilines is 2. The number of hydrogen-bond donors (Lipinski definition) is 3. The number of nitrogens with two attached hydrogens (primary N) is 1. The molecule has 16 heteroatoms. The Morgan fingerprint density at radius 3 is 2.37 bits per heavy atom. The predicted molar refractivity (Wildman–Crippen MR) is 207 cm³/mol. The number of fused-ring (bicyclic) bond motifs is 2. The van der Waals surface area contributed by atoms with Gasteiger partial charge in [-0.15, -0.1) is 0 Å². The zero-order valence-corrected chi connectivity index (χ0v) is 30.9. The Labute approximate surface area is 326 Å². The van der Waals surface area contributed by atoms with E-state index in [9.17, 15) is 19.5 Å². The largest absolute Gasteiger partial charge is 0.457 e. The lowest BCUT2D eigenvalue weighted by atomic mass is 9.94. The number of nitrogens with zero attached hydrogens (tertiary/aromatic N) is 8. The molecule has 5 aliphatic heterocycles. The van der Waals surface area contributed by atoms with Crippen molar-refractivity contribution < 1.29 is 28.6 Å². The van der Waals surface area contributed by atoms with E-state index in [0.29, 0.717) is 58.4 Å². The molecular formula is C41H41FN10O5. The van der Waals surface area contributed by atoms with Gasteiger partial charge < -0.3 is 20.5 Å². The van der Waals surface area contributed by atoms with Crippen LogP contribution in [-0.4, -0.2) is 121 Å². The number of para-hydroxylation sites is 1. The third kappa shape index (κ3) is 6.15. The molecule has 5 aliphatic rings. The van der Waals surface area contributed by atoms with Gasteiger partial charge in [-0.2, -0.15) is 5.10 Å². The van der Waals surface area contributed by atoms with Crippen molar-refractivity contribution in [3.63, 3.8) is 0 Å². The zero-order chi connectivity index (χ0) is 38.9. The molecule has 3 aromatic carbocycles. The van der Waals surface area contributed by atoms with Crippen LogP contribution in [0.25, 0.3) is 22.3 Å². The van der Waals surface area contributed by atoms with Crippen LogP contribution in [0.15, 0.2) is 79.1 Å². The Kier molecular flexibility index (Phi) is 8.64. The summed E-state index contributed by atoms with van der Waals surface area (Å²) in [5, 5.41) is 18.7. The molecule has 0 radical (unpaired) electrons.